The van der Waals surface area contributed by atoms with E-state index in [1.54, 1.807) is 6.92 Å². The predicted molar refractivity (Wildman–Crippen MR) is 69.7 cm³/mol. The summed E-state index contributed by atoms with van der Waals surface area (Å²) in [6.45, 7) is 14.5. The van der Waals surface area contributed by atoms with Gasteiger partial charge in [-0.2, -0.15) is 0 Å². The van der Waals surface area contributed by atoms with Gasteiger partial charge in [0.15, 0.2) is 6.29 Å². The highest BCUT2D eigenvalue weighted by Gasteiger charge is 2.45. The van der Waals surface area contributed by atoms with Crippen molar-refractivity contribution in [2.75, 3.05) is 6.61 Å². The molecule has 3 heteroatoms. The van der Waals surface area contributed by atoms with Crippen LogP contribution in [0.5, 0.6) is 0 Å². The average Bonchev–Trinajstić information content (AvgIpc) is 2.16. The Morgan fingerprint density at radius 3 is 2.06 bits per heavy atom. The molecular weight excluding hydrogens is 216 g/mol. The fourth-order valence-corrected chi connectivity index (χ4v) is 1.83. The second-order valence-corrected chi connectivity index (χ2v) is 5.76. The van der Waals surface area contributed by atoms with Crippen LogP contribution in [-0.4, -0.2) is 18.9 Å². The number of rotatable bonds is 6. The number of esters is 1. The quantitative estimate of drug-likeness (QED) is 0.527. The second kappa shape index (κ2) is 6.39. The molecule has 3 nitrogen and oxygen atoms in total. The van der Waals surface area contributed by atoms with Crippen molar-refractivity contribution in [3.8, 4) is 0 Å². The lowest BCUT2D eigenvalue weighted by molar-refractivity contribution is -0.191. The van der Waals surface area contributed by atoms with Crippen LogP contribution in [0.2, 0.25) is 0 Å². The van der Waals surface area contributed by atoms with Gasteiger partial charge in [0.2, 0.25) is 0 Å². The topological polar surface area (TPSA) is 35.5 Å². The fourth-order valence-electron chi connectivity index (χ4n) is 1.83. The van der Waals surface area contributed by atoms with Crippen LogP contribution in [0.3, 0.4) is 0 Å². The minimum Gasteiger partial charge on any atom is -0.436 e. The highest BCUT2D eigenvalue weighted by Crippen LogP contribution is 2.43. The van der Waals surface area contributed by atoms with Gasteiger partial charge in [0.25, 0.3) is 0 Å². The lowest BCUT2D eigenvalue weighted by atomic mass is 9.65. The van der Waals surface area contributed by atoms with Crippen molar-refractivity contribution < 1.29 is 14.3 Å². The minimum absolute atomic E-state index is 0.119. The third-order valence-electron chi connectivity index (χ3n) is 3.53. The Hall–Kier alpha value is -0.570. The van der Waals surface area contributed by atoms with E-state index in [2.05, 4.69) is 27.7 Å². The summed E-state index contributed by atoms with van der Waals surface area (Å²) in [7, 11) is 0. The maximum Gasteiger partial charge on any atom is 0.314 e. The summed E-state index contributed by atoms with van der Waals surface area (Å²) in [5, 5.41) is 0. The normalized spacial score (nSPS) is 17.4. The Morgan fingerprint density at radius 1 is 1.18 bits per heavy atom. The monoisotopic (exact) mass is 244 g/mol. The molecule has 0 spiro atoms. The molecule has 0 aromatic rings. The first kappa shape index (κ1) is 16.4. The summed E-state index contributed by atoms with van der Waals surface area (Å²) >= 11 is 0. The third kappa shape index (κ3) is 4.30. The number of carbonyl (C=O) groups is 1. The summed E-state index contributed by atoms with van der Waals surface area (Å²) in [6, 6.07) is 0. The molecule has 0 saturated carbocycles. The maximum absolute atomic E-state index is 12.3. The van der Waals surface area contributed by atoms with Crippen molar-refractivity contribution in [1.29, 1.82) is 0 Å². The molecule has 0 bridgehead atoms. The summed E-state index contributed by atoms with van der Waals surface area (Å²) in [6.07, 6.45) is 1.33. The van der Waals surface area contributed by atoms with E-state index in [4.69, 9.17) is 9.47 Å². The maximum atomic E-state index is 12.3. The molecule has 0 aliphatic rings. The second-order valence-electron chi connectivity index (χ2n) is 5.76. The summed E-state index contributed by atoms with van der Waals surface area (Å²) in [5.41, 5.74) is -0.584. The van der Waals surface area contributed by atoms with Crippen LogP contribution in [0.15, 0.2) is 0 Å². The molecule has 17 heavy (non-hydrogen) atoms. The van der Waals surface area contributed by atoms with Crippen LogP contribution < -0.4 is 0 Å². The van der Waals surface area contributed by atoms with Gasteiger partial charge >= 0.3 is 5.97 Å². The van der Waals surface area contributed by atoms with Gasteiger partial charge in [0, 0.05) is 6.61 Å². The summed E-state index contributed by atoms with van der Waals surface area (Å²) in [4.78, 5) is 12.3. The molecule has 2 unspecified atom stereocenters. The van der Waals surface area contributed by atoms with Crippen LogP contribution >= 0.6 is 0 Å². The fraction of sp³-hybridized carbons (Fsp3) is 0.929. The molecule has 0 aromatic carbocycles. The first-order valence-corrected chi connectivity index (χ1v) is 6.51. The van der Waals surface area contributed by atoms with Crippen molar-refractivity contribution in [2.24, 2.45) is 10.8 Å². The number of carbonyl (C=O) groups excluding carboxylic acids is 1. The number of hydrogen-bond donors (Lipinski definition) is 0. The van der Waals surface area contributed by atoms with Crippen molar-refractivity contribution in [2.45, 2.75) is 67.6 Å². The average molecular weight is 244 g/mol. The van der Waals surface area contributed by atoms with E-state index in [9.17, 15) is 4.79 Å². The zero-order chi connectivity index (χ0) is 13.7. The van der Waals surface area contributed by atoms with Gasteiger partial charge < -0.3 is 9.47 Å². The predicted octanol–water partition coefficient (Wildman–Crippen LogP) is 3.76. The van der Waals surface area contributed by atoms with Gasteiger partial charge in [-0.15, -0.1) is 0 Å². The first-order chi connectivity index (χ1) is 7.69. The molecule has 0 aliphatic heterocycles. The van der Waals surface area contributed by atoms with Crippen molar-refractivity contribution in [1.82, 2.24) is 0 Å². The number of hydrogen-bond acceptors (Lipinski definition) is 3. The van der Waals surface area contributed by atoms with Gasteiger partial charge in [0.05, 0.1) is 5.41 Å². The molecule has 0 saturated heterocycles. The van der Waals surface area contributed by atoms with Crippen LogP contribution in [0.1, 0.15) is 61.3 Å². The Balaban J connectivity index is 4.78. The lowest BCUT2D eigenvalue weighted by Crippen LogP contribution is -2.43. The zero-order valence-electron chi connectivity index (χ0n) is 12.4. The van der Waals surface area contributed by atoms with E-state index in [1.807, 2.05) is 13.8 Å². The van der Waals surface area contributed by atoms with Gasteiger partial charge in [-0.1, -0.05) is 34.1 Å². The first-order valence-electron chi connectivity index (χ1n) is 6.51. The molecule has 0 aliphatic carbocycles. The minimum atomic E-state index is -0.467. The molecule has 0 aromatic heterocycles. The largest absolute Gasteiger partial charge is 0.436 e. The summed E-state index contributed by atoms with van der Waals surface area (Å²) < 4.78 is 10.6. The summed E-state index contributed by atoms with van der Waals surface area (Å²) in [5.74, 6) is -0.159. The SMILES string of the molecule is CCCC(C)(C(=O)OC(C)OCC)C(C)(C)C. The Bertz CT molecular complexity index is 242. The molecule has 0 amide bonds. The third-order valence-corrected chi connectivity index (χ3v) is 3.53. The highest BCUT2D eigenvalue weighted by molar-refractivity contribution is 5.77. The van der Waals surface area contributed by atoms with Crippen molar-refractivity contribution in [3.63, 3.8) is 0 Å². The lowest BCUT2D eigenvalue weighted by Gasteiger charge is -2.40. The highest BCUT2D eigenvalue weighted by atomic mass is 16.7. The van der Waals surface area contributed by atoms with Gasteiger partial charge in [-0.3, -0.25) is 4.79 Å². The van der Waals surface area contributed by atoms with E-state index >= 15 is 0 Å². The van der Waals surface area contributed by atoms with E-state index < -0.39 is 11.7 Å². The van der Waals surface area contributed by atoms with Gasteiger partial charge in [-0.25, -0.2) is 0 Å². The van der Waals surface area contributed by atoms with Gasteiger partial charge in [0.1, 0.15) is 0 Å². The molecule has 0 radical (unpaired) electrons. The van der Waals surface area contributed by atoms with Crippen LogP contribution in [0.4, 0.5) is 0 Å². The van der Waals surface area contributed by atoms with Crippen molar-refractivity contribution >= 4 is 5.97 Å². The van der Waals surface area contributed by atoms with E-state index in [1.165, 1.54) is 0 Å². The van der Waals surface area contributed by atoms with Crippen LogP contribution in [0.25, 0.3) is 0 Å². The Labute approximate surface area is 106 Å². The molecule has 2 atom stereocenters. The molecule has 0 rings (SSSR count). The standard InChI is InChI=1S/C14H28O3/c1-8-10-14(7,13(4,5)6)12(15)17-11(3)16-9-2/h11H,8-10H2,1-7H3. The zero-order valence-corrected chi connectivity index (χ0v) is 12.4. The molecular formula is C14H28O3. The molecule has 102 valence electrons. The Kier molecular flexibility index (Phi) is 6.17. The molecule has 0 fully saturated rings. The van der Waals surface area contributed by atoms with Crippen molar-refractivity contribution in [3.05, 3.63) is 0 Å². The van der Waals surface area contributed by atoms with Gasteiger partial charge in [-0.05, 0) is 32.6 Å². The molecule has 0 heterocycles. The van der Waals surface area contributed by atoms with E-state index in [-0.39, 0.29) is 11.4 Å². The van der Waals surface area contributed by atoms with E-state index in [0.29, 0.717) is 6.61 Å². The molecule has 0 N–H and O–H groups in total. The Morgan fingerprint density at radius 2 is 1.71 bits per heavy atom. The van der Waals surface area contributed by atoms with Crippen LogP contribution in [-0.2, 0) is 14.3 Å². The smallest absolute Gasteiger partial charge is 0.314 e. The number of ether oxygens (including phenoxy) is 2. The van der Waals surface area contributed by atoms with Crippen LogP contribution in [0, 0.1) is 10.8 Å². The van der Waals surface area contributed by atoms with E-state index in [0.717, 1.165) is 12.8 Å².